The first-order valence-electron chi connectivity index (χ1n) is 7.36. The second-order valence-corrected chi connectivity index (χ2v) is 5.74. The average molecular weight is 286 g/mol. The van der Waals surface area contributed by atoms with Crippen molar-refractivity contribution in [3.05, 3.63) is 59.2 Å². The molecule has 21 heavy (non-hydrogen) atoms. The molecule has 0 radical (unpaired) electrons. The molecule has 4 heteroatoms. The van der Waals surface area contributed by atoms with Crippen LogP contribution < -0.4 is 5.32 Å². The Labute approximate surface area is 123 Å². The van der Waals surface area contributed by atoms with Gasteiger partial charge in [-0.2, -0.15) is 0 Å². The quantitative estimate of drug-likeness (QED) is 0.867. The van der Waals surface area contributed by atoms with E-state index in [0.29, 0.717) is 12.5 Å². The predicted octanol–water partition coefficient (Wildman–Crippen LogP) is 3.56. The van der Waals surface area contributed by atoms with E-state index in [1.807, 2.05) is 19.2 Å². The molecule has 1 heterocycles. The minimum Gasteiger partial charge on any atom is -0.364 e. The van der Waals surface area contributed by atoms with Crippen LogP contribution in [0.2, 0.25) is 0 Å². The molecule has 1 atom stereocenters. The van der Waals surface area contributed by atoms with Gasteiger partial charge < -0.3 is 10.3 Å². The van der Waals surface area contributed by atoms with Crippen molar-refractivity contribution in [1.82, 2.24) is 10.3 Å². The van der Waals surface area contributed by atoms with E-state index in [-0.39, 0.29) is 17.6 Å². The summed E-state index contributed by atoms with van der Waals surface area (Å²) >= 11 is 0. The SMILES string of the molecule is C[C@@H](CNC(=O)c1cc[nH]c1C1CC1)c1ccc(F)cc1. The zero-order valence-electron chi connectivity index (χ0n) is 12.0. The highest BCUT2D eigenvalue weighted by molar-refractivity contribution is 5.95. The van der Waals surface area contributed by atoms with Crippen LogP contribution in [-0.4, -0.2) is 17.4 Å². The summed E-state index contributed by atoms with van der Waals surface area (Å²) in [4.78, 5) is 15.4. The number of aromatic nitrogens is 1. The maximum atomic E-state index is 12.9. The highest BCUT2D eigenvalue weighted by Gasteiger charge is 2.29. The predicted molar refractivity (Wildman–Crippen MR) is 79.9 cm³/mol. The van der Waals surface area contributed by atoms with Crippen molar-refractivity contribution in [2.45, 2.75) is 31.6 Å². The lowest BCUT2D eigenvalue weighted by Crippen LogP contribution is -2.28. The Hall–Kier alpha value is -2.10. The van der Waals surface area contributed by atoms with E-state index < -0.39 is 0 Å². The van der Waals surface area contributed by atoms with Gasteiger partial charge in [-0.1, -0.05) is 19.1 Å². The van der Waals surface area contributed by atoms with Gasteiger partial charge in [0.2, 0.25) is 0 Å². The smallest absolute Gasteiger partial charge is 0.253 e. The van der Waals surface area contributed by atoms with Gasteiger partial charge in [0.05, 0.1) is 5.56 Å². The zero-order valence-corrected chi connectivity index (χ0v) is 12.0. The zero-order chi connectivity index (χ0) is 14.8. The van der Waals surface area contributed by atoms with Gasteiger partial charge >= 0.3 is 0 Å². The second kappa shape index (κ2) is 5.72. The first-order valence-corrected chi connectivity index (χ1v) is 7.36. The van der Waals surface area contributed by atoms with Crippen LogP contribution in [-0.2, 0) is 0 Å². The Kier molecular flexibility index (Phi) is 3.78. The Morgan fingerprint density at radius 3 is 2.71 bits per heavy atom. The highest BCUT2D eigenvalue weighted by atomic mass is 19.1. The molecule has 0 aliphatic heterocycles. The molecule has 110 valence electrons. The van der Waals surface area contributed by atoms with E-state index in [1.54, 1.807) is 12.1 Å². The molecule has 1 aromatic heterocycles. The van der Waals surface area contributed by atoms with Crippen LogP contribution in [0.5, 0.6) is 0 Å². The number of benzene rings is 1. The third kappa shape index (κ3) is 3.15. The van der Waals surface area contributed by atoms with Gasteiger partial charge in [0.25, 0.3) is 5.91 Å². The summed E-state index contributed by atoms with van der Waals surface area (Å²) in [6, 6.07) is 8.26. The van der Waals surface area contributed by atoms with Crippen molar-refractivity contribution in [3.8, 4) is 0 Å². The van der Waals surface area contributed by atoms with E-state index >= 15 is 0 Å². The highest BCUT2D eigenvalue weighted by Crippen LogP contribution is 2.40. The molecule has 0 spiro atoms. The van der Waals surface area contributed by atoms with E-state index in [4.69, 9.17) is 0 Å². The summed E-state index contributed by atoms with van der Waals surface area (Å²) in [7, 11) is 0. The number of rotatable bonds is 5. The molecule has 2 N–H and O–H groups in total. The van der Waals surface area contributed by atoms with Gasteiger partial charge in [0, 0.05) is 18.4 Å². The molecular formula is C17H19FN2O. The fourth-order valence-corrected chi connectivity index (χ4v) is 2.54. The van der Waals surface area contributed by atoms with Crippen molar-refractivity contribution in [3.63, 3.8) is 0 Å². The number of halogens is 1. The number of hydrogen-bond acceptors (Lipinski definition) is 1. The maximum Gasteiger partial charge on any atom is 0.253 e. The van der Waals surface area contributed by atoms with Crippen LogP contribution in [0.15, 0.2) is 36.5 Å². The summed E-state index contributed by atoms with van der Waals surface area (Å²) in [5.74, 6) is 0.400. The van der Waals surface area contributed by atoms with Crippen LogP contribution in [0, 0.1) is 5.82 Å². The van der Waals surface area contributed by atoms with Crippen molar-refractivity contribution in [1.29, 1.82) is 0 Å². The molecular weight excluding hydrogens is 267 g/mol. The van der Waals surface area contributed by atoms with Gasteiger partial charge in [-0.05, 0) is 48.4 Å². The number of carbonyl (C=O) groups excluding carboxylic acids is 1. The van der Waals surface area contributed by atoms with Crippen LogP contribution in [0.3, 0.4) is 0 Å². The van der Waals surface area contributed by atoms with Gasteiger partial charge in [0.15, 0.2) is 0 Å². The van der Waals surface area contributed by atoms with E-state index in [0.717, 1.165) is 29.7 Å². The summed E-state index contributed by atoms with van der Waals surface area (Å²) in [5.41, 5.74) is 2.83. The molecule has 1 aliphatic rings. The fourth-order valence-electron chi connectivity index (χ4n) is 2.54. The molecule has 3 nitrogen and oxygen atoms in total. The van der Waals surface area contributed by atoms with Gasteiger partial charge in [-0.15, -0.1) is 0 Å². The van der Waals surface area contributed by atoms with Crippen molar-refractivity contribution < 1.29 is 9.18 Å². The summed E-state index contributed by atoms with van der Waals surface area (Å²) in [6.45, 7) is 2.56. The number of carbonyl (C=O) groups is 1. The number of nitrogens with one attached hydrogen (secondary N) is 2. The maximum absolute atomic E-state index is 12.9. The molecule has 1 amide bonds. The lowest BCUT2D eigenvalue weighted by atomic mass is 10.0. The van der Waals surface area contributed by atoms with E-state index in [1.165, 1.54) is 12.1 Å². The average Bonchev–Trinajstić information content (AvgIpc) is 3.22. The third-order valence-corrected chi connectivity index (χ3v) is 4.02. The van der Waals surface area contributed by atoms with Crippen LogP contribution in [0.4, 0.5) is 4.39 Å². The van der Waals surface area contributed by atoms with Crippen molar-refractivity contribution in [2.75, 3.05) is 6.54 Å². The minimum atomic E-state index is -0.239. The Morgan fingerprint density at radius 2 is 2.05 bits per heavy atom. The number of aromatic amines is 1. The standard InChI is InChI=1S/C17H19FN2O/c1-11(12-4-6-14(18)7-5-12)10-20-17(21)15-8-9-19-16(15)13-2-3-13/h4-9,11,13,19H,2-3,10H2,1H3,(H,20,21)/t11-/m0/s1. The monoisotopic (exact) mass is 286 g/mol. The number of H-pyrrole nitrogens is 1. The Bertz CT molecular complexity index is 628. The minimum absolute atomic E-state index is 0.0351. The van der Waals surface area contributed by atoms with E-state index in [9.17, 15) is 9.18 Å². The normalized spacial score (nSPS) is 15.7. The van der Waals surface area contributed by atoms with E-state index in [2.05, 4.69) is 10.3 Å². The first kappa shape index (κ1) is 13.9. The fraction of sp³-hybridized carbons (Fsp3) is 0.353. The largest absolute Gasteiger partial charge is 0.364 e. The topological polar surface area (TPSA) is 44.9 Å². The third-order valence-electron chi connectivity index (χ3n) is 4.02. The molecule has 2 aromatic rings. The molecule has 1 aliphatic carbocycles. The van der Waals surface area contributed by atoms with Crippen molar-refractivity contribution >= 4 is 5.91 Å². The summed E-state index contributed by atoms with van der Waals surface area (Å²) < 4.78 is 12.9. The number of hydrogen-bond donors (Lipinski definition) is 2. The van der Waals surface area contributed by atoms with Crippen molar-refractivity contribution in [2.24, 2.45) is 0 Å². The number of amides is 1. The first-order chi connectivity index (χ1) is 10.1. The molecule has 1 aromatic carbocycles. The molecule has 0 saturated heterocycles. The van der Waals surface area contributed by atoms with Gasteiger partial charge in [-0.25, -0.2) is 4.39 Å². The molecule has 1 fully saturated rings. The molecule has 0 unspecified atom stereocenters. The lowest BCUT2D eigenvalue weighted by Gasteiger charge is -2.13. The lowest BCUT2D eigenvalue weighted by molar-refractivity contribution is 0.0951. The molecule has 3 rings (SSSR count). The Morgan fingerprint density at radius 1 is 1.33 bits per heavy atom. The molecule has 1 saturated carbocycles. The van der Waals surface area contributed by atoms with Gasteiger partial charge in [0.1, 0.15) is 5.82 Å². The second-order valence-electron chi connectivity index (χ2n) is 5.74. The van der Waals surface area contributed by atoms with Gasteiger partial charge in [-0.3, -0.25) is 4.79 Å². The Balaban J connectivity index is 1.60. The summed E-state index contributed by atoms with van der Waals surface area (Å²) in [5, 5.41) is 2.97. The van der Waals surface area contributed by atoms with Crippen LogP contribution in [0.25, 0.3) is 0 Å². The van der Waals surface area contributed by atoms with Crippen LogP contribution >= 0.6 is 0 Å². The molecule has 0 bridgehead atoms. The summed E-state index contributed by atoms with van der Waals surface area (Å²) in [6.07, 6.45) is 4.14. The van der Waals surface area contributed by atoms with Crippen LogP contribution in [0.1, 0.15) is 53.2 Å².